The molecule has 0 saturated carbocycles. The first-order valence-electron chi connectivity index (χ1n) is 9.79. The third-order valence-electron chi connectivity index (χ3n) is 4.96. The van der Waals surface area contributed by atoms with Gasteiger partial charge in [0, 0.05) is 57.6 Å². The maximum absolute atomic E-state index is 5.44. The maximum atomic E-state index is 5.44. The smallest absolute Gasteiger partial charge is 0.126 e. The molecule has 6 heteroatoms. The molecule has 0 amide bonds. The van der Waals surface area contributed by atoms with Gasteiger partial charge in [0.25, 0.3) is 0 Å². The molecule has 1 aliphatic rings. The van der Waals surface area contributed by atoms with Crippen molar-refractivity contribution in [2.75, 3.05) is 50.7 Å². The van der Waals surface area contributed by atoms with Crippen LogP contribution in [0.2, 0.25) is 0 Å². The molecule has 0 aromatic carbocycles. The molecule has 3 heterocycles. The Morgan fingerprint density at radius 1 is 1.15 bits per heavy atom. The summed E-state index contributed by atoms with van der Waals surface area (Å²) in [6.45, 7) is 6.26. The van der Waals surface area contributed by atoms with E-state index in [1.165, 1.54) is 11.1 Å². The van der Waals surface area contributed by atoms with Crippen LogP contribution >= 0.6 is 0 Å². The molecule has 146 valence electrons. The highest BCUT2D eigenvalue weighted by molar-refractivity contribution is 5.72. The molecule has 6 nitrogen and oxygen atoms in total. The molecule has 0 spiro atoms. The van der Waals surface area contributed by atoms with E-state index in [1.807, 2.05) is 18.6 Å². The SMILES string of the molecule is CCc1cnc(NCCOC)cc1-c1cncc(NCC2CCOCC2)c1. The monoisotopic (exact) mass is 370 g/mol. The van der Waals surface area contributed by atoms with E-state index in [4.69, 9.17) is 9.47 Å². The van der Waals surface area contributed by atoms with Crippen molar-refractivity contribution < 1.29 is 9.47 Å². The van der Waals surface area contributed by atoms with Gasteiger partial charge in [-0.3, -0.25) is 4.98 Å². The molecule has 2 aromatic heterocycles. The average molecular weight is 370 g/mol. The summed E-state index contributed by atoms with van der Waals surface area (Å²) < 4.78 is 10.5. The Kier molecular flexibility index (Phi) is 7.42. The van der Waals surface area contributed by atoms with Gasteiger partial charge in [-0.15, -0.1) is 0 Å². The van der Waals surface area contributed by atoms with Crippen LogP contribution < -0.4 is 10.6 Å². The van der Waals surface area contributed by atoms with E-state index >= 15 is 0 Å². The second-order valence-corrected chi connectivity index (χ2v) is 6.90. The summed E-state index contributed by atoms with van der Waals surface area (Å²) in [7, 11) is 1.70. The molecule has 2 aromatic rings. The summed E-state index contributed by atoms with van der Waals surface area (Å²) in [5.74, 6) is 1.53. The summed E-state index contributed by atoms with van der Waals surface area (Å²) in [5, 5.41) is 6.86. The molecule has 0 aliphatic carbocycles. The van der Waals surface area contributed by atoms with Crippen molar-refractivity contribution in [1.29, 1.82) is 0 Å². The highest BCUT2D eigenvalue weighted by Crippen LogP contribution is 2.28. The van der Waals surface area contributed by atoms with Crippen molar-refractivity contribution in [1.82, 2.24) is 9.97 Å². The van der Waals surface area contributed by atoms with Crippen LogP contribution in [-0.2, 0) is 15.9 Å². The summed E-state index contributed by atoms with van der Waals surface area (Å²) in [4.78, 5) is 8.97. The molecular weight excluding hydrogens is 340 g/mol. The van der Waals surface area contributed by atoms with Crippen molar-refractivity contribution in [2.45, 2.75) is 26.2 Å². The number of anilines is 2. The van der Waals surface area contributed by atoms with Gasteiger partial charge in [-0.25, -0.2) is 4.98 Å². The summed E-state index contributed by atoms with van der Waals surface area (Å²) in [5.41, 5.74) is 4.57. The van der Waals surface area contributed by atoms with Crippen LogP contribution in [0, 0.1) is 5.92 Å². The van der Waals surface area contributed by atoms with E-state index in [-0.39, 0.29) is 0 Å². The van der Waals surface area contributed by atoms with Gasteiger partial charge in [-0.2, -0.15) is 0 Å². The third kappa shape index (κ3) is 5.65. The number of aromatic nitrogens is 2. The molecule has 0 bridgehead atoms. The fourth-order valence-corrected chi connectivity index (χ4v) is 3.31. The predicted octanol–water partition coefficient (Wildman–Crippen LogP) is 3.60. The van der Waals surface area contributed by atoms with Crippen LogP contribution in [0.15, 0.2) is 30.7 Å². The maximum Gasteiger partial charge on any atom is 0.126 e. The highest BCUT2D eigenvalue weighted by Gasteiger charge is 2.14. The first-order valence-corrected chi connectivity index (χ1v) is 9.79. The number of ether oxygens (including phenoxy) is 2. The lowest BCUT2D eigenvalue weighted by molar-refractivity contribution is 0.0699. The van der Waals surface area contributed by atoms with Gasteiger partial charge in [0.1, 0.15) is 5.82 Å². The Morgan fingerprint density at radius 3 is 2.78 bits per heavy atom. The number of hydrogen-bond donors (Lipinski definition) is 2. The number of methoxy groups -OCH3 is 1. The minimum Gasteiger partial charge on any atom is -0.384 e. The van der Waals surface area contributed by atoms with Crippen LogP contribution in [0.5, 0.6) is 0 Å². The summed E-state index contributed by atoms with van der Waals surface area (Å²) in [6, 6.07) is 4.29. The number of rotatable bonds is 9. The van der Waals surface area contributed by atoms with Crippen molar-refractivity contribution >= 4 is 11.5 Å². The summed E-state index contributed by atoms with van der Waals surface area (Å²) >= 11 is 0. The van der Waals surface area contributed by atoms with Crippen LogP contribution in [0.3, 0.4) is 0 Å². The van der Waals surface area contributed by atoms with Crippen LogP contribution in [-0.4, -0.2) is 50.0 Å². The lowest BCUT2D eigenvalue weighted by Gasteiger charge is -2.22. The van der Waals surface area contributed by atoms with Crippen LogP contribution in [0.4, 0.5) is 11.5 Å². The number of aryl methyl sites for hydroxylation is 1. The molecule has 3 rings (SSSR count). The van der Waals surface area contributed by atoms with Gasteiger partial charge >= 0.3 is 0 Å². The van der Waals surface area contributed by atoms with E-state index in [0.717, 1.165) is 62.6 Å². The topological polar surface area (TPSA) is 68.3 Å². The minimum atomic E-state index is 0.652. The minimum absolute atomic E-state index is 0.652. The van der Waals surface area contributed by atoms with Gasteiger partial charge in [-0.05, 0) is 48.4 Å². The molecule has 1 saturated heterocycles. The van der Waals surface area contributed by atoms with Crippen LogP contribution in [0.25, 0.3) is 11.1 Å². The fraction of sp³-hybridized carbons (Fsp3) is 0.524. The number of pyridine rings is 2. The summed E-state index contributed by atoms with van der Waals surface area (Å²) in [6.07, 6.45) is 8.95. The standard InChI is InChI=1S/C21H30N4O2/c1-3-17-14-25-21(23-6-9-26-2)11-20(17)18-10-19(15-22-13-18)24-12-16-4-7-27-8-5-16/h10-11,13-16,24H,3-9,12H2,1-2H3,(H,23,25). The zero-order chi connectivity index (χ0) is 18.9. The molecule has 0 atom stereocenters. The van der Waals surface area contributed by atoms with E-state index in [9.17, 15) is 0 Å². The van der Waals surface area contributed by atoms with E-state index < -0.39 is 0 Å². The highest BCUT2D eigenvalue weighted by atomic mass is 16.5. The largest absolute Gasteiger partial charge is 0.384 e. The molecular formula is C21H30N4O2. The van der Waals surface area contributed by atoms with Gasteiger partial charge in [0.15, 0.2) is 0 Å². The Balaban J connectivity index is 1.73. The van der Waals surface area contributed by atoms with E-state index in [2.05, 4.69) is 39.7 Å². The molecule has 2 N–H and O–H groups in total. The molecule has 0 unspecified atom stereocenters. The average Bonchev–Trinajstić information content (AvgIpc) is 2.73. The van der Waals surface area contributed by atoms with E-state index in [1.54, 1.807) is 7.11 Å². The Labute approximate surface area is 161 Å². The Bertz CT molecular complexity index is 717. The number of hydrogen-bond acceptors (Lipinski definition) is 6. The Morgan fingerprint density at radius 2 is 2.00 bits per heavy atom. The molecule has 1 aliphatic heterocycles. The third-order valence-corrected chi connectivity index (χ3v) is 4.96. The second kappa shape index (κ2) is 10.2. The van der Waals surface area contributed by atoms with Crippen molar-refractivity contribution in [2.24, 2.45) is 5.92 Å². The van der Waals surface area contributed by atoms with Crippen molar-refractivity contribution in [3.05, 3.63) is 36.3 Å². The van der Waals surface area contributed by atoms with E-state index in [0.29, 0.717) is 12.5 Å². The van der Waals surface area contributed by atoms with Gasteiger partial charge in [0.05, 0.1) is 12.3 Å². The normalized spacial score (nSPS) is 14.9. The van der Waals surface area contributed by atoms with Gasteiger partial charge in [0.2, 0.25) is 0 Å². The number of nitrogens with zero attached hydrogens (tertiary/aromatic N) is 2. The first-order chi connectivity index (χ1) is 13.3. The zero-order valence-corrected chi connectivity index (χ0v) is 16.3. The quantitative estimate of drug-likeness (QED) is 0.658. The molecule has 27 heavy (non-hydrogen) atoms. The molecule has 1 fully saturated rings. The second-order valence-electron chi connectivity index (χ2n) is 6.90. The van der Waals surface area contributed by atoms with Crippen LogP contribution in [0.1, 0.15) is 25.3 Å². The lowest BCUT2D eigenvalue weighted by Crippen LogP contribution is -2.22. The lowest BCUT2D eigenvalue weighted by atomic mass is 9.99. The first kappa shape index (κ1) is 19.6. The predicted molar refractivity (Wildman–Crippen MR) is 109 cm³/mol. The van der Waals surface area contributed by atoms with Crippen molar-refractivity contribution in [3.63, 3.8) is 0 Å². The fourth-order valence-electron chi connectivity index (χ4n) is 3.31. The van der Waals surface area contributed by atoms with Crippen molar-refractivity contribution in [3.8, 4) is 11.1 Å². The number of nitrogens with one attached hydrogen (secondary N) is 2. The molecule has 0 radical (unpaired) electrons. The Hall–Kier alpha value is -2.18. The van der Waals surface area contributed by atoms with Gasteiger partial charge < -0.3 is 20.1 Å². The zero-order valence-electron chi connectivity index (χ0n) is 16.3. The van der Waals surface area contributed by atoms with Gasteiger partial charge in [-0.1, -0.05) is 6.92 Å².